The van der Waals surface area contributed by atoms with E-state index in [1.807, 2.05) is 6.07 Å². The highest BCUT2D eigenvalue weighted by atomic mass is 79.9. The van der Waals surface area contributed by atoms with Crippen molar-refractivity contribution in [2.24, 2.45) is 0 Å². The van der Waals surface area contributed by atoms with Crippen LogP contribution >= 0.6 is 15.9 Å². The summed E-state index contributed by atoms with van der Waals surface area (Å²) in [6, 6.07) is 6.77. The minimum absolute atomic E-state index is 0.303. The molecule has 90 valence electrons. The molecule has 0 aliphatic carbocycles. The van der Waals surface area contributed by atoms with Gasteiger partial charge in [-0.1, -0.05) is 28.1 Å². The molecule has 1 aromatic rings. The first-order valence-corrected chi connectivity index (χ1v) is 6.22. The van der Waals surface area contributed by atoms with Gasteiger partial charge in [0, 0.05) is 5.33 Å². The zero-order valence-electron chi connectivity index (χ0n) is 9.06. The number of nitriles is 1. The predicted octanol–water partition coefficient (Wildman–Crippen LogP) is 2.00. The molecule has 0 saturated carbocycles. The van der Waals surface area contributed by atoms with Crippen molar-refractivity contribution in [3.63, 3.8) is 0 Å². The number of aliphatic hydroxyl groups excluding tert-OH is 1. The molecule has 0 heterocycles. The summed E-state index contributed by atoms with van der Waals surface area (Å²) < 4.78 is 0. The number of halogens is 1. The lowest BCUT2D eigenvalue weighted by atomic mass is 9.94. The highest BCUT2D eigenvalue weighted by molar-refractivity contribution is 9.09. The number of hydrogen-bond donors (Lipinski definition) is 2. The van der Waals surface area contributed by atoms with Gasteiger partial charge in [0.15, 0.2) is 6.10 Å². The van der Waals surface area contributed by atoms with Crippen molar-refractivity contribution >= 4 is 21.9 Å². The molecule has 1 unspecified atom stereocenters. The third kappa shape index (κ3) is 3.29. The number of carbonyl (C=O) groups is 1. The molecule has 0 fully saturated rings. The van der Waals surface area contributed by atoms with E-state index in [1.165, 1.54) is 0 Å². The second-order valence-electron chi connectivity index (χ2n) is 3.52. The highest BCUT2D eigenvalue weighted by Gasteiger charge is 2.20. The van der Waals surface area contributed by atoms with Crippen LogP contribution in [0.2, 0.25) is 0 Å². The van der Waals surface area contributed by atoms with Crippen LogP contribution in [0.25, 0.3) is 0 Å². The highest BCUT2D eigenvalue weighted by Crippen LogP contribution is 2.23. The number of hydrogen-bond acceptors (Lipinski definition) is 3. The van der Waals surface area contributed by atoms with Crippen molar-refractivity contribution in [2.75, 3.05) is 5.33 Å². The van der Waals surface area contributed by atoms with Crippen LogP contribution in [-0.2, 0) is 11.2 Å². The number of aliphatic carboxylic acids is 1. The van der Waals surface area contributed by atoms with E-state index in [9.17, 15) is 9.90 Å². The number of rotatable bonds is 5. The fourth-order valence-electron chi connectivity index (χ4n) is 1.62. The second kappa shape index (κ2) is 6.38. The van der Waals surface area contributed by atoms with Crippen LogP contribution in [-0.4, -0.2) is 21.5 Å². The van der Waals surface area contributed by atoms with Crippen molar-refractivity contribution in [3.8, 4) is 6.07 Å². The minimum atomic E-state index is -1.58. The van der Waals surface area contributed by atoms with Crippen LogP contribution < -0.4 is 0 Å². The van der Waals surface area contributed by atoms with E-state index < -0.39 is 12.1 Å². The predicted molar refractivity (Wildman–Crippen MR) is 65.9 cm³/mol. The maximum atomic E-state index is 10.8. The molecular formula is C12H12BrNO3. The number of aliphatic hydroxyl groups is 1. The van der Waals surface area contributed by atoms with E-state index in [4.69, 9.17) is 10.4 Å². The molecule has 0 aliphatic rings. The van der Waals surface area contributed by atoms with Gasteiger partial charge < -0.3 is 10.2 Å². The molecule has 1 aromatic carbocycles. The molecule has 0 bridgehead atoms. The van der Waals surface area contributed by atoms with Crippen molar-refractivity contribution in [2.45, 2.75) is 18.9 Å². The lowest BCUT2D eigenvalue weighted by Crippen LogP contribution is -2.13. The Morgan fingerprint density at radius 3 is 2.76 bits per heavy atom. The third-order valence-corrected chi connectivity index (χ3v) is 2.98. The van der Waals surface area contributed by atoms with Crippen LogP contribution in [0, 0.1) is 11.3 Å². The molecule has 0 aliphatic heterocycles. The summed E-state index contributed by atoms with van der Waals surface area (Å²) in [6.07, 6.45) is -0.235. The maximum absolute atomic E-state index is 10.8. The van der Waals surface area contributed by atoms with E-state index in [1.54, 1.807) is 18.2 Å². The summed E-state index contributed by atoms with van der Waals surface area (Å²) in [4.78, 5) is 10.8. The molecule has 4 nitrogen and oxygen atoms in total. The summed E-state index contributed by atoms with van der Waals surface area (Å²) in [5.74, 6) is -1.31. The van der Waals surface area contributed by atoms with Gasteiger partial charge in [-0.3, -0.25) is 0 Å². The van der Waals surface area contributed by atoms with Crippen molar-refractivity contribution in [3.05, 3.63) is 34.9 Å². The van der Waals surface area contributed by atoms with E-state index in [-0.39, 0.29) is 0 Å². The van der Waals surface area contributed by atoms with E-state index in [2.05, 4.69) is 15.9 Å². The third-order valence-electron chi connectivity index (χ3n) is 2.42. The Hall–Kier alpha value is -1.38. The van der Waals surface area contributed by atoms with E-state index in [0.29, 0.717) is 23.1 Å². The van der Waals surface area contributed by atoms with Crippen LogP contribution in [0.3, 0.4) is 0 Å². The summed E-state index contributed by atoms with van der Waals surface area (Å²) in [5, 5.41) is 28.1. The summed E-state index contributed by atoms with van der Waals surface area (Å²) in [7, 11) is 0. The Bertz CT molecular complexity index is 454. The number of alkyl halides is 1. The van der Waals surface area contributed by atoms with Crippen LogP contribution in [0.4, 0.5) is 0 Å². The summed E-state index contributed by atoms with van der Waals surface area (Å²) in [5.41, 5.74) is 1.34. The van der Waals surface area contributed by atoms with Gasteiger partial charge in [-0.05, 0) is 30.0 Å². The molecule has 17 heavy (non-hydrogen) atoms. The Balaban J connectivity index is 3.19. The van der Waals surface area contributed by atoms with Crippen LogP contribution in [0.15, 0.2) is 18.2 Å². The van der Waals surface area contributed by atoms with Gasteiger partial charge in [-0.15, -0.1) is 0 Å². The zero-order valence-corrected chi connectivity index (χ0v) is 10.6. The molecule has 0 spiro atoms. The molecule has 1 atom stereocenters. The average molecular weight is 298 g/mol. The number of nitrogens with zero attached hydrogens (tertiary/aromatic N) is 1. The lowest BCUT2D eigenvalue weighted by Gasteiger charge is -2.13. The Morgan fingerprint density at radius 1 is 1.53 bits per heavy atom. The molecular weight excluding hydrogens is 286 g/mol. The number of benzene rings is 1. The van der Waals surface area contributed by atoms with Crippen LogP contribution in [0.1, 0.15) is 29.2 Å². The standard InChI is InChI=1S/C12H12BrNO3/c13-6-2-5-9-8(7-14)3-1-4-10(9)11(15)12(16)17/h1,3-4,11,15H,2,5-6H2,(H,16,17). The van der Waals surface area contributed by atoms with Crippen LogP contribution in [0.5, 0.6) is 0 Å². The Morgan fingerprint density at radius 2 is 2.24 bits per heavy atom. The van der Waals surface area contributed by atoms with Crippen molar-refractivity contribution < 1.29 is 15.0 Å². The molecule has 0 saturated heterocycles. The van der Waals surface area contributed by atoms with Gasteiger partial charge in [0.1, 0.15) is 0 Å². The largest absolute Gasteiger partial charge is 0.479 e. The molecule has 0 aromatic heterocycles. The molecule has 0 amide bonds. The first-order valence-electron chi connectivity index (χ1n) is 5.10. The molecule has 1 rings (SSSR count). The van der Waals surface area contributed by atoms with Crippen molar-refractivity contribution in [1.29, 1.82) is 5.26 Å². The smallest absolute Gasteiger partial charge is 0.337 e. The zero-order chi connectivity index (χ0) is 12.8. The van der Waals surface area contributed by atoms with Gasteiger partial charge in [0.2, 0.25) is 0 Å². The fraction of sp³-hybridized carbons (Fsp3) is 0.333. The lowest BCUT2D eigenvalue weighted by molar-refractivity contribution is -0.147. The first kappa shape index (κ1) is 13.7. The number of carboxylic acids is 1. The normalized spacial score (nSPS) is 11.8. The monoisotopic (exact) mass is 297 g/mol. The Kier molecular flexibility index (Phi) is 5.13. The van der Waals surface area contributed by atoms with Gasteiger partial charge in [0.25, 0.3) is 0 Å². The Labute approximate surface area is 108 Å². The van der Waals surface area contributed by atoms with Gasteiger partial charge in [0.05, 0.1) is 11.6 Å². The second-order valence-corrected chi connectivity index (χ2v) is 4.31. The van der Waals surface area contributed by atoms with E-state index in [0.717, 1.165) is 11.8 Å². The molecule has 5 heteroatoms. The van der Waals surface area contributed by atoms with Gasteiger partial charge in [-0.25, -0.2) is 4.79 Å². The average Bonchev–Trinajstić information content (AvgIpc) is 2.34. The van der Waals surface area contributed by atoms with Gasteiger partial charge >= 0.3 is 5.97 Å². The van der Waals surface area contributed by atoms with Crippen molar-refractivity contribution in [1.82, 2.24) is 0 Å². The quantitative estimate of drug-likeness (QED) is 0.815. The topological polar surface area (TPSA) is 81.3 Å². The SMILES string of the molecule is N#Cc1cccc(C(O)C(=O)O)c1CCCBr. The first-order chi connectivity index (χ1) is 8.11. The molecule has 2 N–H and O–H groups in total. The van der Waals surface area contributed by atoms with Gasteiger partial charge in [-0.2, -0.15) is 5.26 Å². The maximum Gasteiger partial charge on any atom is 0.337 e. The minimum Gasteiger partial charge on any atom is -0.479 e. The fourth-order valence-corrected chi connectivity index (χ4v) is 1.90. The molecule has 0 radical (unpaired) electrons. The number of carboxylic acid groups (broad SMARTS) is 1. The summed E-state index contributed by atoms with van der Waals surface area (Å²) >= 11 is 3.28. The summed E-state index contributed by atoms with van der Waals surface area (Å²) in [6.45, 7) is 0. The van der Waals surface area contributed by atoms with E-state index >= 15 is 0 Å².